The molecular formula is C9H19N. The lowest BCUT2D eigenvalue weighted by Gasteiger charge is -2.19. The van der Waals surface area contributed by atoms with Crippen LogP contribution in [0.25, 0.3) is 0 Å². The maximum atomic E-state index is 4.38. The summed E-state index contributed by atoms with van der Waals surface area (Å²) in [5.74, 6) is 0. The van der Waals surface area contributed by atoms with Gasteiger partial charge in [0.1, 0.15) is 0 Å². The van der Waals surface area contributed by atoms with E-state index in [-0.39, 0.29) is 0 Å². The molecule has 0 amide bonds. The van der Waals surface area contributed by atoms with Crippen molar-refractivity contribution in [3.05, 3.63) is 0 Å². The lowest BCUT2D eigenvalue weighted by atomic mass is 9.91. The summed E-state index contributed by atoms with van der Waals surface area (Å²) in [6.07, 6.45) is 1.20. The first kappa shape index (κ1) is 9.67. The molecule has 0 aliphatic heterocycles. The van der Waals surface area contributed by atoms with E-state index in [4.69, 9.17) is 0 Å². The molecule has 0 rings (SSSR count). The molecule has 0 fully saturated rings. The van der Waals surface area contributed by atoms with E-state index in [1.807, 2.05) is 13.8 Å². The second-order valence-corrected chi connectivity index (χ2v) is 3.78. The van der Waals surface area contributed by atoms with E-state index in [0.717, 1.165) is 6.54 Å². The largest absolute Gasteiger partial charge is 0.294 e. The standard InChI is InChI=1S/C9H19N/c1-6-9(4,5)7-10-8(2)3/h6-7H2,1-5H3. The van der Waals surface area contributed by atoms with Gasteiger partial charge in [-0.3, -0.25) is 4.99 Å². The van der Waals surface area contributed by atoms with Crippen LogP contribution in [0.2, 0.25) is 0 Å². The maximum absolute atomic E-state index is 4.38. The number of aliphatic imine (C=N–C) groups is 1. The fourth-order valence-corrected chi connectivity index (χ4v) is 0.484. The quantitative estimate of drug-likeness (QED) is 0.536. The van der Waals surface area contributed by atoms with Gasteiger partial charge in [-0.15, -0.1) is 0 Å². The highest BCUT2D eigenvalue weighted by Crippen LogP contribution is 2.19. The minimum absolute atomic E-state index is 0.386. The Labute approximate surface area is 64.6 Å². The molecule has 1 heteroatoms. The Hall–Kier alpha value is -0.330. The molecule has 0 aromatic rings. The summed E-state index contributed by atoms with van der Waals surface area (Å²) in [5, 5.41) is 0. The molecule has 0 unspecified atom stereocenters. The van der Waals surface area contributed by atoms with Gasteiger partial charge in [0.05, 0.1) is 0 Å². The monoisotopic (exact) mass is 141 g/mol. The van der Waals surface area contributed by atoms with Crippen molar-refractivity contribution in [2.45, 2.75) is 41.0 Å². The third kappa shape index (κ3) is 4.54. The highest BCUT2D eigenvalue weighted by molar-refractivity contribution is 5.79. The van der Waals surface area contributed by atoms with Crippen LogP contribution in [-0.2, 0) is 0 Å². The highest BCUT2D eigenvalue weighted by Gasteiger charge is 2.12. The molecule has 0 atom stereocenters. The molecule has 0 saturated carbocycles. The second-order valence-electron chi connectivity index (χ2n) is 3.78. The molecule has 1 nitrogen and oxygen atoms in total. The predicted octanol–water partition coefficient (Wildman–Crippen LogP) is 2.90. The van der Waals surface area contributed by atoms with E-state index in [2.05, 4.69) is 25.8 Å². The summed E-state index contributed by atoms with van der Waals surface area (Å²) in [4.78, 5) is 4.38. The summed E-state index contributed by atoms with van der Waals surface area (Å²) in [6.45, 7) is 11.8. The Morgan fingerprint density at radius 2 is 1.80 bits per heavy atom. The van der Waals surface area contributed by atoms with Crippen molar-refractivity contribution < 1.29 is 0 Å². The minimum atomic E-state index is 0.386. The SMILES string of the molecule is CCC(C)(C)CN=C(C)C. The molecule has 0 heterocycles. The molecule has 0 aliphatic rings. The van der Waals surface area contributed by atoms with E-state index < -0.39 is 0 Å². The third-order valence-electron chi connectivity index (χ3n) is 1.78. The molecule has 0 bridgehead atoms. The average Bonchev–Trinajstić information content (AvgIpc) is 1.85. The van der Waals surface area contributed by atoms with Crippen LogP contribution in [0, 0.1) is 5.41 Å². The summed E-state index contributed by atoms with van der Waals surface area (Å²) in [7, 11) is 0. The van der Waals surface area contributed by atoms with Crippen LogP contribution in [0.5, 0.6) is 0 Å². The summed E-state index contributed by atoms with van der Waals surface area (Å²) < 4.78 is 0. The average molecular weight is 141 g/mol. The van der Waals surface area contributed by atoms with Crippen molar-refractivity contribution in [3.8, 4) is 0 Å². The van der Waals surface area contributed by atoms with Gasteiger partial charge in [0.25, 0.3) is 0 Å². The molecular weight excluding hydrogens is 122 g/mol. The van der Waals surface area contributed by atoms with Gasteiger partial charge in [0, 0.05) is 12.3 Å². The zero-order valence-corrected chi connectivity index (χ0v) is 7.86. The fourth-order valence-electron chi connectivity index (χ4n) is 0.484. The van der Waals surface area contributed by atoms with Crippen LogP contribution < -0.4 is 0 Å². The zero-order chi connectivity index (χ0) is 8.20. The van der Waals surface area contributed by atoms with E-state index >= 15 is 0 Å². The van der Waals surface area contributed by atoms with E-state index in [1.54, 1.807) is 0 Å². The van der Waals surface area contributed by atoms with Crippen molar-refractivity contribution in [2.75, 3.05) is 6.54 Å². The van der Waals surface area contributed by atoms with Gasteiger partial charge in [-0.1, -0.05) is 20.8 Å². The molecule has 0 aromatic carbocycles. The number of hydrogen-bond acceptors (Lipinski definition) is 1. The van der Waals surface area contributed by atoms with Gasteiger partial charge in [0.2, 0.25) is 0 Å². The van der Waals surface area contributed by atoms with Crippen LogP contribution in [0.1, 0.15) is 41.0 Å². The van der Waals surface area contributed by atoms with Crippen LogP contribution in [-0.4, -0.2) is 12.3 Å². The number of hydrogen-bond donors (Lipinski definition) is 0. The summed E-state index contributed by atoms with van der Waals surface area (Å²) in [6, 6.07) is 0. The molecule has 60 valence electrons. The topological polar surface area (TPSA) is 12.4 Å². The Kier molecular flexibility index (Phi) is 3.62. The van der Waals surface area contributed by atoms with Gasteiger partial charge < -0.3 is 0 Å². The van der Waals surface area contributed by atoms with Crippen molar-refractivity contribution in [1.82, 2.24) is 0 Å². The van der Waals surface area contributed by atoms with E-state index in [1.165, 1.54) is 12.1 Å². The Morgan fingerprint density at radius 3 is 2.10 bits per heavy atom. The normalized spacial score (nSPS) is 11.3. The van der Waals surface area contributed by atoms with Crippen molar-refractivity contribution in [1.29, 1.82) is 0 Å². The van der Waals surface area contributed by atoms with Crippen molar-refractivity contribution in [2.24, 2.45) is 10.4 Å². The lowest BCUT2D eigenvalue weighted by Crippen LogP contribution is -2.14. The molecule has 0 N–H and O–H groups in total. The van der Waals surface area contributed by atoms with Crippen LogP contribution >= 0.6 is 0 Å². The van der Waals surface area contributed by atoms with Gasteiger partial charge in [-0.2, -0.15) is 0 Å². The summed E-state index contributed by atoms with van der Waals surface area (Å²) in [5.41, 5.74) is 1.57. The van der Waals surface area contributed by atoms with Gasteiger partial charge >= 0.3 is 0 Å². The molecule has 10 heavy (non-hydrogen) atoms. The van der Waals surface area contributed by atoms with Crippen LogP contribution in [0.4, 0.5) is 0 Å². The number of nitrogens with zero attached hydrogens (tertiary/aromatic N) is 1. The van der Waals surface area contributed by atoms with Crippen molar-refractivity contribution in [3.63, 3.8) is 0 Å². The van der Waals surface area contributed by atoms with E-state index in [0.29, 0.717) is 5.41 Å². The predicted molar refractivity (Wildman–Crippen MR) is 47.7 cm³/mol. The zero-order valence-electron chi connectivity index (χ0n) is 7.86. The first-order chi connectivity index (χ1) is 4.48. The van der Waals surface area contributed by atoms with E-state index in [9.17, 15) is 0 Å². The smallest absolute Gasteiger partial charge is 0.0439 e. The Bertz CT molecular complexity index is 119. The van der Waals surface area contributed by atoms with Gasteiger partial charge in [0.15, 0.2) is 0 Å². The second kappa shape index (κ2) is 3.75. The van der Waals surface area contributed by atoms with Crippen LogP contribution in [0.15, 0.2) is 4.99 Å². The number of rotatable bonds is 3. The first-order valence-corrected chi connectivity index (χ1v) is 3.95. The summed E-state index contributed by atoms with van der Waals surface area (Å²) >= 11 is 0. The molecule has 0 saturated heterocycles. The third-order valence-corrected chi connectivity index (χ3v) is 1.78. The molecule has 0 radical (unpaired) electrons. The minimum Gasteiger partial charge on any atom is -0.294 e. The molecule has 0 aliphatic carbocycles. The van der Waals surface area contributed by atoms with Gasteiger partial charge in [-0.25, -0.2) is 0 Å². The van der Waals surface area contributed by atoms with Crippen molar-refractivity contribution >= 4 is 5.71 Å². The fraction of sp³-hybridized carbons (Fsp3) is 0.889. The lowest BCUT2D eigenvalue weighted by molar-refractivity contribution is 0.366. The molecule has 0 aromatic heterocycles. The maximum Gasteiger partial charge on any atom is 0.0439 e. The van der Waals surface area contributed by atoms with Crippen LogP contribution in [0.3, 0.4) is 0 Å². The Balaban J connectivity index is 3.78. The Morgan fingerprint density at radius 1 is 1.30 bits per heavy atom. The first-order valence-electron chi connectivity index (χ1n) is 3.95. The van der Waals surface area contributed by atoms with Gasteiger partial charge in [-0.05, 0) is 25.7 Å². The molecule has 0 spiro atoms. The highest BCUT2D eigenvalue weighted by atomic mass is 14.7.